The van der Waals surface area contributed by atoms with Crippen molar-refractivity contribution < 1.29 is 34.0 Å². The fourth-order valence-corrected chi connectivity index (χ4v) is 2.64. The molecule has 3 N–H and O–H groups in total. The molecule has 0 saturated heterocycles. The summed E-state index contributed by atoms with van der Waals surface area (Å²) in [6.07, 6.45) is 6.36. The number of aliphatic carboxylic acids is 2. The van der Waals surface area contributed by atoms with Gasteiger partial charge in [-0.2, -0.15) is 0 Å². The molecule has 1 aromatic rings. The average molecular weight is 369 g/mol. The van der Waals surface area contributed by atoms with Gasteiger partial charge in [-0.3, -0.25) is 0 Å². The summed E-state index contributed by atoms with van der Waals surface area (Å²) in [6, 6.07) is 6.38. The first-order chi connectivity index (χ1) is 12.5. The highest BCUT2D eigenvalue weighted by atomic mass is 16.5. The lowest BCUT2D eigenvalue weighted by Gasteiger charge is -2.15. The molecular formula is C18H27NO7. The van der Waals surface area contributed by atoms with E-state index in [-0.39, 0.29) is 0 Å². The maximum atomic E-state index is 9.10. The lowest BCUT2D eigenvalue weighted by molar-refractivity contribution is -0.159. The van der Waals surface area contributed by atoms with E-state index in [1.165, 1.54) is 25.7 Å². The van der Waals surface area contributed by atoms with E-state index < -0.39 is 11.9 Å². The van der Waals surface area contributed by atoms with Crippen molar-refractivity contribution in [3.8, 4) is 17.2 Å². The molecule has 1 saturated carbocycles. The van der Waals surface area contributed by atoms with E-state index in [2.05, 4.69) is 5.32 Å². The summed E-state index contributed by atoms with van der Waals surface area (Å²) < 4.78 is 16.4. The van der Waals surface area contributed by atoms with Gasteiger partial charge in [0.2, 0.25) is 5.75 Å². The lowest BCUT2D eigenvalue weighted by atomic mass is 10.2. The van der Waals surface area contributed by atoms with Crippen LogP contribution >= 0.6 is 0 Å². The third-order valence-corrected chi connectivity index (χ3v) is 3.92. The first-order valence-corrected chi connectivity index (χ1v) is 8.53. The Bertz CT molecular complexity index is 536. The predicted octanol–water partition coefficient (Wildman–Crippen LogP) is 2.16. The van der Waals surface area contributed by atoms with E-state index in [0.29, 0.717) is 23.9 Å². The monoisotopic (exact) mass is 369 g/mol. The van der Waals surface area contributed by atoms with Crippen LogP contribution < -0.4 is 19.5 Å². The van der Waals surface area contributed by atoms with Crippen molar-refractivity contribution in [2.24, 2.45) is 0 Å². The number of para-hydroxylation sites is 1. The highest BCUT2D eigenvalue weighted by Crippen LogP contribution is 2.36. The van der Waals surface area contributed by atoms with Crippen molar-refractivity contribution in [3.63, 3.8) is 0 Å². The molecule has 0 atom stereocenters. The van der Waals surface area contributed by atoms with E-state index >= 15 is 0 Å². The maximum Gasteiger partial charge on any atom is 0.414 e. The topological polar surface area (TPSA) is 114 Å². The number of methoxy groups -OCH3 is 2. The van der Waals surface area contributed by atoms with Crippen LogP contribution in [-0.2, 0) is 9.59 Å². The van der Waals surface area contributed by atoms with E-state index in [9.17, 15) is 0 Å². The second-order valence-corrected chi connectivity index (χ2v) is 5.74. The van der Waals surface area contributed by atoms with Crippen molar-refractivity contribution in [2.75, 3.05) is 27.4 Å². The van der Waals surface area contributed by atoms with Crippen molar-refractivity contribution in [2.45, 2.75) is 38.1 Å². The zero-order valence-electron chi connectivity index (χ0n) is 15.2. The smallest absolute Gasteiger partial charge is 0.414 e. The molecular weight excluding hydrogens is 342 g/mol. The van der Waals surface area contributed by atoms with Crippen LogP contribution in [0.1, 0.15) is 32.1 Å². The molecule has 0 unspecified atom stereocenters. The molecule has 0 amide bonds. The minimum Gasteiger partial charge on any atom is -0.493 e. The molecule has 1 fully saturated rings. The average Bonchev–Trinajstić information content (AvgIpc) is 3.15. The molecule has 0 aliphatic heterocycles. The molecule has 1 aromatic carbocycles. The molecule has 0 heterocycles. The Balaban J connectivity index is 0.000000487. The fourth-order valence-electron chi connectivity index (χ4n) is 2.64. The van der Waals surface area contributed by atoms with Crippen LogP contribution in [0, 0.1) is 0 Å². The normalized spacial score (nSPS) is 13.5. The van der Waals surface area contributed by atoms with Crippen LogP contribution in [0.15, 0.2) is 18.2 Å². The molecule has 26 heavy (non-hydrogen) atoms. The Hall–Kier alpha value is -2.48. The van der Waals surface area contributed by atoms with Gasteiger partial charge in [-0.05, 0) is 37.9 Å². The largest absolute Gasteiger partial charge is 0.493 e. The van der Waals surface area contributed by atoms with Gasteiger partial charge in [0.15, 0.2) is 11.5 Å². The van der Waals surface area contributed by atoms with Crippen molar-refractivity contribution in [1.82, 2.24) is 5.32 Å². The third kappa shape index (κ3) is 7.60. The van der Waals surface area contributed by atoms with Gasteiger partial charge in [-0.25, -0.2) is 9.59 Å². The van der Waals surface area contributed by atoms with E-state index in [0.717, 1.165) is 19.0 Å². The Kier molecular flexibility index (Phi) is 9.93. The predicted molar refractivity (Wildman–Crippen MR) is 95.2 cm³/mol. The van der Waals surface area contributed by atoms with Crippen LogP contribution in [0.25, 0.3) is 0 Å². The number of nitrogens with one attached hydrogen (secondary N) is 1. The van der Waals surface area contributed by atoms with Crippen molar-refractivity contribution in [3.05, 3.63) is 18.2 Å². The number of hydrogen-bond donors (Lipinski definition) is 3. The molecule has 2 rings (SSSR count). The molecule has 8 nitrogen and oxygen atoms in total. The minimum atomic E-state index is -1.82. The Morgan fingerprint density at radius 2 is 1.62 bits per heavy atom. The molecule has 1 aliphatic carbocycles. The number of hydrogen-bond acceptors (Lipinski definition) is 6. The molecule has 0 spiro atoms. The number of carbonyl (C=O) groups is 2. The fraction of sp³-hybridized carbons (Fsp3) is 0.556. The van der Waals surface area contributed by atoms with Gasteiger partial charge in [-0.15, -0.1) is 0 Å². The van der Waals surface area contributed by atoms with Crippen LogP contribution in [-0.4, -0.2) is 55.6 Å². The summed E-state index contributed by atoms with van der Waals surface area (Å²) in [5.41, 5.74) is 0. The minimum absolute atomic E-state index is 0.663. The second-order valence-electron chi connectivity index (χ2n) is 5.74. The molecule has 1 aliphatic rings. The molecule has 8 heteroatoms. The maximum absolute atomic E-state index is 9.10. The standard InChI is InChI=1S/C16H25NO3.C2H2O4/c1-18-14-9-5-10-15(19-2)16(14)20-12-6-11-17-13-7-3-4-8-13;3-1(4)2(5)6/h5,9-10,13,17H,3-4,6-8,11-12H2,1-2H3;(H,3,4)(H,5,6). The van der Waals surface area contributed by atoms with Crippen LogP contribution in [0.2, 0.25) is 0 Å². The molecule has 0 aromatic heterocycles. The van der Waals surface area contributed by atoms with Gasteiger partial charge in [-0.1, -0.05) is 18.9 Å². The number of carboxylic acids is 2. The van der Waals surface area contributed by atoms with Crippen molar-refractivity contribution >= 4 is 11.9 Å². The summed E-state index contributed by atoms with van der Waals surface area (Å²) in [5, 5.41) is 18.4. The Morgan fingerprint density at radius 3 is 2.08 bits per heavy atom. The molecule has 146 valence electrons. The zero-order valence-corrected chi connectivity index (χ0v) is 15.2. The first kappa shape index (κ1) is 21.6. The summed E-state index contributed by atoms with van der Waals surface area (Å²) in [6.45, 7) is 1.67. The highest BCUT2D eigenvalue weighted by Gasteiger charge is 2.14. The summed E-state index contributed by atoms with van der Waals surface area (Å²) in [5.74, 6) is -1.52. The second kappa shape index (κ2) is 12.0. The van der Waals surface area contributed by atoms with Gasteiger partial charge in [0, 0.05) is 6.04 Å². The van der Waals surface area contributed by atoms with Gasteiger partial charge >= 0.3 is 11.9 Å². The first-order valence-electron chi connectivity index (χ1n) is 8.53. The quantitative estimate of drug-likeness (QED) is 0.472. The SMILES string of the molecule is COc1cccc(OC)c1OCCCNC1CCCC1.O=C(O)C(=O)O. The Labute approximate surface area is 153 Å². The molecule has 0 radical (unpaired) electrons. The number of carboxylic acid groups (broad SMARTS) is 2. The van der Waals surface area contributed by atoms with Crippen LogP contribution in [0.5, 0.6) is 17.2 Å². The van der Waals surface area contributed by atoms with Gasteiger partial charge < -0.3 is 29.7 Å². The number of rotatable bonds is 8. The van der Waals surface area contributed by atoms with E-state index in [4.69, 9.17) is 34.0 Å². The summed E-state index contributed by atoms with van der Waals surface area (Å²) >= 11 is 0. The summed E-state index contributed by atoms with van der Waals surface area (Å²) in [4.78, 5) is 18.2. The summed E-state index contributed by atoms with van der Waals surface area (Å²) in [7, 11) is 3.28. The van der Waals surface area contributed by atoms with Gasteiger partial charge in [0.1, 0.15) is 0 Å². The van der Waals surface area contributed by atoms with Crippen molar-refractivity contribution in [1.29, 1.82) is 0 Å². The number of benzene rings is 1. The molecule has 0 bridgehead atoms. The van der Waals surface area contributed by atoms with Crippen LogP contribution in [0.3, 0.4) is 0 Å². The lowest BCUT2D eigenvalue weighted by Crippen LogP contribution is -2.27. The number of ether oxygens (including phenoxy) is 3. The Morgan fingerprint density at radius 1 is 1.08 bits per heavy atom. The van der Waals surface area contributed by atoms with Gasteiger partial charge in [0.25, 0.3) is 0 Å². The zero-order chi connectivity index (χ0) is 19.4. The van der Waals surface area contributed by atoms with Gasteiger partial charge in [0.05, 0.1) is 20.8 Å². The third-order valence-electron chi connectivity index (χ3n) is 3.92. The van der Waals surface area contributed by atoms with E-state index in [1.54, 1.807) is 14.2 Å². The van der Waals surface area contributed by atoms with Crippen LogP contribution in [0.4, 0.5) is 0 Å². The van der Waals surface area contributed by atoms with E-state index in [1.807, 2.05) is 18.2 Å². The highest BCUT2D eigenvalue weighted by molar-refractivity contribution is 6.27.